The molecule has 0 aliphatic carbocycles. The highest BCUT2D eigenvalue weighted by molar-refractivity contribution is 7.92. The maximum absolute atomic E-state index is 12.7. The molecule has 0 bridgehead atoms. The average Bonchev–Trinajstić information content (AvgIpc) is 2.98. The molecule has 0 unspecified atom stereocenters. The van der Waals surface area contributed by atoms with Crippen molar-refractivity contribution in [2.24, 2.45) is 5.41 Å². The molecule has 0 atom stereocenters. The van der Waals surface area contributed by atoms with Gasteiger partial charge in [0.15, 0.2) is 0 Å². The zero-order chi connectivity index (χ0) is 20.0. The quantitative estimate of drug-likeness (QED) is 0.770. The van der Waals surface area contributed by atoms with Crippen molar-refractivity contribution in [3.63, 3.8) is 0 Å². The number of carbonyl (C=O) groups excluding carboxylic acids is 1. The fraction of sp³-hybridized carbons (Fsp3) is 0.316. The Hall–Kier alpha value is -1.76. The van der Waals surface area contributed by atoms with E-state index in [2.05, 4.69) is 4.72 Å². The predicted octanol–water partition coefficient (Wildman–Crippen LogP) is 4.73. The van der Waals surface area contributed by atoms with Crippen LogP contribution in [0.25, 0.3) is 0 Å². The number of carbonyl (C=O) groups is 1. The van der Waals surface area contributed by atoms with E-state index in [9.17, 15) is 13.2 Å². The minimum atomic E-state index is -3.92. The number of amides is 1. The molecule has 2 aromatic carbocycles. The Bertz CT molecular complexity index is 1010. The lowest BCUT2D eigenvalue weighted by molar-refractivity contribution is -0.125. The van der Waals surface area contributed by atoms with Crippen LogP contribution in [0.2, 0.25) is 10.0 Å². The summed E-state index contributed by atoms with van der Waals surface area (Å²) in [5.74, 6) is -0.000794. The van der Waals surface area contributed by atoms with Crippen LogP contribution in [0.15, 0.2) is 41.3 Å². The summed E-state index contributed by atoms with van der Waals surface area (Å²) >= 11 is 11.9. The molecule has 0 aromatic heterocycles. The van der Waals surface area contributed by atoms with E-state index >= 15 is 0 Å². The first-order valence-corrected chi connectivity index (χ1v) is 10.7. The topological polar surface area (TPSA) is 66.5 Å². The number of benzene rings is 2. The van der Waals surface area contributed by atoms with Crippen LogP contribution in [-0.4, -0.2) is 20.9 Å². The Balaban J connectivity index is 1.94. The number of anilines is 2. The first-order valence-electron chi connectivity index (χ1n) is 8.42. The average molecular weight is 427 g/mol. The Morgan fingerprint density at radius 1 is 1.11 bits per heavy atom. The maximum atomic E-state index is 12.7. The monoisotopic (exact) mass is 426 g/mol. The van der Waals surface area contributed by atoms with Crippen LogP contribution in [-0.2, 0) is 21.2 Å². The summed E-state index contributed by atoms with van der Waals surface area (Å²) in [6, 6.07) is 9.46. The Labute approximate surface area is 169 Å². The van der Waals surface area contributed by atoms with Gasteiger partial charge in [0.05, 0.1) is 10.7 Å². The lowest BCUT2D eigenvalue weighted by atomic mass is 9.94. The van der Waals surface area contributed by atoms with E-state index in [1.54, 1.807) is 17.0 Å². The van der Waals surface area contributed by atoms with Crippen LogP contribution >= 0.6 is 23.2 Å². The molecule has 0 spiro atoms. The van der Waals surface area contributed by atoms with Gasteiger partial charge in [0.25, 0.3) is 10.0 Å². The molecule has 0 saturated carbocycles. The number of halogens is 2. The van der Waals surface area contributed by atoms with Crippen molar-refractivity contribution >= 4 is 50.5 Å². The number of sulfonamides is 1. The van der Waals surface area contributed by atoms with E-state index in [1.165, 1.54) is 18.2 Å². The van der Waals surface area contributed by atoms with Gasteiger partial charge in [0.1, 0.15) is 4.90 Å². The Morgan fingerprint density at radius 3 is 2.48 bits per heavy atom. The van der Waals surface area contributed by atoms with E-state index in [0.29, 0.717) is 12.2 Å². The molecule has 0 fully saturated rings. The highest BCUT2D eigenvalue weighted by Crippen LogP contribution is 2.35. The molecule has 1 heterocycles. The molecule has 2 aromatic rings. The molecular formula is C19H20Cl2N2O3S. The molecule has 27 heavy (non-hydrogen) atoms. The number of fused-ring (bicyclic) bond motifs is 1. The van der Waals surface area contributed by atoms with Crippen molar-refractivity contribution in [1.82, 2.24) is 0 Å². The SMILES string of the molecule is CC(C)(C)C(=O)N1CCc2ccc(NS(=O)(=O)c3cc(Cl)ccc3Cl)cc21. The molecule has 5 nitrogen and oxygen atoms in total. The van der Waals surface area contributed by atoms with Crippen molar-refractivity contribution in [2.75, 3.05) is 16.2 Å². The highest BCUT2D eigenvalue weighted by Gasteiger charge is 2.32. The molecule has 144 valence electrons. The summed E-state index contributed by atoms with van der Waals surface area (Å²) in [5, 5.41) is 0.355. The van der Waals surface area contributed by atoms with Gasteiger partial charge in [-0.25, -0.2) is 8.42 Å². The second kappa shape index (κ2) is 7.00. The van der Waals surface area contributed by atoms with Crippen molar-refractivity contribution in [3.05, 3.63) is 52.0 Å². The molecular weight excluding hydrogens is 407 g/mol. The molecule has 3 rings (SSSR count). The standard InChI is InChI=1S/C19H20Cl2N2O3S/c1-19(2,3)18(24)23-9-8-12-4-6-14(11-16(12)23)22-27(25,26)17-10-13(20)5-7-15(17)21/h4-7,10-11,22H,8-9H2,1-3H3. The predicted molar refractivity (Wildman–Crippen MR) is 109 cm³/mol. The van der Waals surface area contributed by atoms with E-state index in [0.717, 1.165) is 17.7 Å². The van der Waals surface area contributed by atoms with E-state index < -0.39 is 15.4 Å². The van der Waals surface area contributed by atoms with Crippen molar-refractivity contribution in [2.45, 2.75) is 32.1 Å². The van der Waals surface area contributed by atoms with Gasteiger partial charge in [0, 0.05) is 22.7 Å². The van der Waals surface area contributed by atoms with Gasteiger partial charge in [-0.2, -0.15) is 0 Å². The van der Waals surface area contributed by atoms with Crippen LogP contribution in [0.3, 0.4) is 0 Å². The minimum absolute atomic E-state index is 0.000794. The van der Waals surface area contributed by atoms with Gasteiger partial charge in [0.2, 0.25) is 5.91 Å². The maximum Gasteiger partial charge on any atom is 0.263 e. The lowest BCUT2D eigenvalue weighted by Gasteiger charge is -2.26. The van der Waals surface area contributed by atoms with E-state index in [4.69, 9.17) is 23.2 Å². The molecule has 1 aliphatic heterocycles. The van der Waals surface area contributed by atoms with Crippen LogP contribution in [0, 0.1) is 5.41 Å². The Morgan fingerprint density at radius 2 is 1.81 bits per heavy atom. The van der Waals surface area contributed by atoms with Crippen LogP contribution in [0.1, 0.15) is 26.3 Å². The fourth-order valence-electron chi connectivity index (χ4n) is 2.95. The summed E-state index contributed by atoms with van der Waals surface area (Å²) in [5.41, 5.74) is 1.58. The van der Waals surface area contributed by atoms with Gasteiger partial charge in [-0.05, 0) is 42.3 Å². The first kappa shape index (κ1) is 20.0. The zero-order valence-corrected chi connectivity index (χ0v) is 17.5. The third-order valence-electron chi connectivity index (χ3n) is 4.30. The first-order chi connectivity index (χ1) is 12.5. The van der Waals surface area contributed by atoms with Gasteiger partial charge in [-0.1, -0.05) is 50.0 Å². The molecule has 1 aliphatic rings. The zero-order valence-electron chi connectivity index (χ0n) is 15.2. The summed E-state index contributed by atoms with van der Waals surface area (Å²) in [6.07, 6.45) is 0.740. The smallest absolute Gasteiger partial charge is 0.263 e. The second-order valence-electron chi connectivity index (χ2n) is 7.48. The molecule has 1 N–H and O–H groups in total. The van der Waals surface area contributed by atoms with Gasteiger partial charge >= 0.3 is 0 Å². The summed E-state index contributed by atoms with van der Waals surface area (Å²) < 4.78 is 28.0. The number of hydrogen-bond donors (Lipinski definition) is 1. The molecule has 0 radical (unpaired) electrons. The molecule has 8 heteroatoms. The summed E-state index contributed by atoms with van der Waals surface area (Å²) in [4.78, 5) is 14.3. The minimum Gasteiger partial charge on any atom is -0.311 e. The fourth-order valence-corrected chi connectivity index (χ4v) is 4.76. The van der Waals surface area contributed by atoms with E-state index in [-0.39, 0.29) is 20.8 Å². The van der Waals surface area contributed by atoms with Crippen molar-refractivity contribution < 1.29 is 13.2 Å². The highest BCUT2D eigenvalue weighted by atomic mass is 35.5. The largest absolute Gasteiger partial charge is 0.311 e. The number of nitrogens with zero attached hydrogens (tertiary/aromatic N) is 1. The third-order valence-corrected chi connectivity index (χ3v) is 6.40. The van der Waals surface area contributed by atoms with Crippen molar-refractivity contribution in [3.8, 4) is 0 Å². The third kappa shape index (κ3) is 4.08. The number of rotatable bonds is 3. The molecule has 1 amide bonds. The second-order valence-corrected chi connectivity index (χ2v) is 9.97. The summed E-state index contributed by atoms with van der Waals surface area (Å²) in [7, 11) is -3.92. The number of nitrogens with one attached hydrogen (secondary N) is 1. The van der Waals surface area contributed by atoms with Gasteiger partial charge < -0.3 is 4.90 Å². The normalized spacial score (nSPS) is 14.2. The summed E-state index contributed by atoms with van der Waals surface area (Å²) in [6.45, 7) is 6.17. The van der Waals surface area contributed by atoms with Gasteiger partial charge in [-0.15, -0.1) is 0 Å². The van der Waals surface area contributed by atoms with Gasteiger partial charge in [-0.3, -0.25) is 9.52 Å². The number of hydrogen-bond acceptors (Lipinski definition) is 3. The molecule has 0 saturated heterocycles. The Kier molecular flexibility index (Phi) is 5.18. The van der Waals surface area contributed by atoms with E-state index in [1.807, 2.05) is 26.8 Å². The van der Waals surface area contributed by atoms with Crippen LogP contribution < -0.4 is 9.62 Å². The van der Waals surface area contributed by atoms with Crippen LogP contribution in [0.5, 0.6) is 0 Å². The van der Waals surface area contributed by atoms with Crippen LogP contribution in [0.4, 0.5) is 11.4 Å². The lowest BCUT2D eigenvalue weighted by Crippen LogP contribution is -2.38. The van der Waals surface area contributed by atoms with Crippen molar-refractivity contribution in [1.29, 1.82) is 0 Å².